The number of urea groups is 1. The first-order valence-electron chi connectivity index (χ1n) is 6.03. The molecule has 1 aromatic rings. The molecule has 1 fully saturated rings. The van der Waals surface area contributed by atoms with E-state index in [4.69, 9.17) is 5.11 Å². The molecule has 102 valence electrons. The number of amides is 2. The summed E-state index contributed by atoms with van der Waals surface area (Å²) >= 11 is 0. The molecule has 1 heterocycles. The van der Waals surface area contributed by atoms with Crippen LogP contribution in [-0.4, -0.2) is 45.8 Å². The van der Waals surface area contributed by atoms with Gasteiger partial charge < -0.3 is 20.4 Å². The average Bonchev–Trinajstić information content (AvgIpc) is 2.74. The lowest BCUT2D eigenvalue weighted by Gasteiger charge is -2.22. The van der Waals surface area contributed by atoms with E-state index < -0.39 is 24.1 Å². The highest BCUT2D eigenvalue weighted by Gasteiger charge is 2.39. The lowest BCUT2D eigenvalue weighted by Crippen LogP contribution is -2.43. The van der Waals surface area contributed by atoms with Crippen LogP contribution in [0.4, 0.5) is 10.5 Å². The Balaban J connectivity index is 2.11. The van der Waals surface area contributed by atoms with Gasteiger partial charge in [-0.05, 0) is 18.6 Å². The molecular weight excluding hydrogens is 248 g/mol. The fourth-order valence-electron chi connectivity index (χ4n) is 2.17. The molecule has 2 atom stereocenters. The Morgan fingerprint density at radius 1 is 1.37 bits per heavy atom. The second kappa shape index (κ2) is 5.27. The summed E-state index contributed by atoms with van der Waals surface area (Å²) in [6, 6.07) is 5.76. The van der Waals surface area contributed by atoms with Crippen LogP contribution in [0.3, 0.4) is 0 Å². The minimum absolute atomic E-state index is 0.0364. The Kier molecular flexibility index (Phi) is 3.71. The van der Waals surface area contributed by atoms with E-state index in [0.29, 0.717) is 5.69 Å². The topological polar surface area (TPSA) is 89.9 Å². The van der Waals surface area contributed by atoms with E-state index in [1.54, 1.807) is 12.1 Å². The van der Waals surface area contributed by atoms with Gasteiger partial charge >= 0.3 is 12.0 Å². The number of carbonyl (C=O) groups is 2. The number of likely N-dealkylation sites (tertiary alicyclic amines) is 1. The van der Waals surface area contributed by atoms with Crippen LogP contribution in [0, 0.1) is 6.92 Å². The van der Waals surface area contributed by atoms with Gasteiger partial charge in [0.05, 0.1) is 6.10 Å². The molecule has 2 rings (SSSR count). The van der Waals surface area contributed by atoms with Crippen LogP contribution in [0.2, 0.25) is 0 Å². The maximum Gasteiger partial charge on any atom is 0.326 e. The van der Waals surface area contributed by atoms with E-state index in [0.717, 1.165) is 10.5 Å². The number of hydrogen-bond donors (Lipinski definition) is 3. The fraction of sp³-hybridized carbons (Fsp3) is 0.385. The number of nitrogens with zero attached hydrogens (tertiary/aromatic N) is 1. The molecule has 0 aromatic heterocycles. The second-order valence-corrected chi connectivity index (χ2v) is 4.64. The lowest BCUT2D eigenvalue weighted by molar-refractivity contribution is -0.141. The molecular formula is C13H16N2O4. The first-order valence-corrected chi connectivity index (χ1v) is 6.03. The zero-order valence-electron chi connectivity index (χ0n) is 10.5. The molecule has 6 heteroatoms. The second-order valence-electron chi connectivity index (χ2n) is 4.64. The van der Waals surface area contributed by atoms with Gasteiger partial charge in [-0.2, -0.15) is 0 Å². The number of carbonyl (C=O) groups excluding carboxylic acids is 1. The van der Waals surface area contributed by atoms with Gasteiger partial charge in [-0.1, -0.05) is 18.2 Å². The summed E-state index contributed by atoms with van der Waals surface area (Å²) in [4.78, 5) is 24.3. The van der Waals surface area contributed by atoms with Crippen molar-refractivity contribution in [2.75, 3.05) is 11.9 Å². The number of nitrogens with one attached hydrogen (secondary N) is 1. The van der Waals surface area contributed by atoms with Gasteiger partial charge in [0.25, 0.3) is 0 Å². The van der Waals surface area contributed by atoms with Crippen molar-refractivity contribution in [3.63, 3.8) is 0 Å². The van der Waals surface area contributed by atoms with Crippen molar-refractivity contribution < 1.29 is 19.8 Å². The smallest absolute Gasteiger partial charge is 0.326 e. The van der Waals surface area contributed by atoms with Gasteiger partial charge in [0.1, 0.15) is 6.04 Å². The Morgan fingerprint density at radius 2 is 2.05 bits per heavy atom. The Morgan fingerprint density at radius 3 is 2.68 bits per heavy atom. The SMILES string of the molecule is Cc1ccccc1NC(=O)N1CC(O)CC1C(=O)O. The zero-order valence-corrected chi connectivity index (χ0v) is 10.5. The summed E-state index contributed by atoms with van der Waals surface area (Å²) in [6.45, 7) is 1.89. The number of carboxylic acids is 1. The molecule has 2 unspecified atom stereocenters. The Bertz CT molecular complexity index is 503. The van der Waals surface area contributed by atoms with Gasteiger partial charge in [0, 0.05) is 18.7 Å². The molecule has 0 radical (unpaired) electrons. The number of aliphatic carboxylic acids is 1. The van der Waals surface area contributed by atoms with E-state index in [9.17, 15) is 14.7 Å². The molecule has 1 aromatic carbocycles. The number of anilines is 1. The standard InChI is InChI=1S/C13H16N2O4/c1-8-4-2-3-5-10(8)14-13(19)15-7-9(16)6-11(15)12(17)18/h2-5,9,11,16H,6-7H2,1H3,(H,14,19)(H,17,18). The molecule has 0 aliphatic carbocycles. The Labute approximate surface area is 110 Å². The van der Waals surface area contributed by atoms with Crippen molar-refractivity contribution in [2.45, 2.75) is 25.5 Å². The van der Waals surface area contributed by atoms with E-state index in [1.807, 2.05) is 19.1 Å². The highest BCUT2D eigenvalue weighted by molar-refractivity contribution is 5.93. The van der Waals surface area contributed by atoms with Gasteiger partial charge in [-0.15, -0.1) is 0 Å². The molecule has 0 spiro atoms. The third kappa shape index (κ3) is 2.85. The van der Waals surface area contributed by atoms with Gasteiger partial charge in [0.2, 0.25) is 0 Å². The van der Waals surface area contributed by atoms with Crippen LogP contribution in [-0.2, 0) is 4.79 Å². The quantitative estimate of drug-likeness (QED) is 0.744. The highest BCUT2D eigenvalue weighted by Crippen LogP contribution is 2.21. The summed E-state index contributed by atoms with van der Waals surface area (Å²) in [6.07, 6.45) is -0.722. The van der Waals surface area contributed by atoms with Crippen LogP contribution in [0.15, 0.2) is 24.3 Å². The highest BCUT2D eigenvalue weighted by atomic mass is 16.4. The maximum absolute atomic E-state index is 12.1. The molecule has 1 aliphatic rings. The summed E-state index contributed by atoms with van der Waals surface area (Å²) in [5.41, 5.74) is 1.53. The van der Waals surface area contributed by atoms with Crippen molar-refractivity contribution in [2.24, 2.45) is 0 Å². The third-order valence-corrected chi connectivity index (χ3v) is 3.21. The lowest BCUT2D eigenvalue weighted by atomic mass is 10.2. The Hall–Kier alpha value is -2.08. The number of aryl methyl sites for hydroxylation is 1. The number of carboxylic acid groups (broad SMARTS) is 1. The molecule has 2 amide bonds. The predicted molar refractivity (Wildman–Crippen MR) is 69.0 cm³/mol. The largest absolute Gasteiger partial charge is 0.480 e. The number of β-amino-alcohol motifs (C(OH)–C–C–N with tert-alkyl or cyclic N) is 1. The molecule has 0 bridgehead atoms. The number of para-hydroxylation sites is 1. The monoisotopic (exact) mass is 264 g/mol. The van der Waals surface area contributed by atoms with Crippen molar-refractivity contribution >= 4 is 17.7 Å². The molecule has 1 aliphatic heterocycles. The molecule has 19 heavy (non-hydrogen) atoms. The van der Waals surface area contributed by atoms with Gasteiger partial charge in [0.15, 0.2) is 0 Å². The average molecular weight is 264 g/mol. The molecule has 3 N–H and O–H groups in total. The number of aliphatic hydroxyl groups excluding tert-OH is 1. The van der Waals surface area contributed by atoms with Crippen LogP contribution in [0.25, 0.3) is 0 Å². The van der Waals surface area contributed by atoms with Crippen molar-refractivity contribution in [1.29, 1.82) is 0 Å². The third-order valence-electron chi connectivity index (χ3n) is 3.21. The summed E-state index contributed by atoms with van der Waals surface area (Å²) in [5.74, 6) is -1.10. The van der Waals surface area contributed by atoms with E-state index in [1.165, 1.54) is 0 Å². The summed E-state index contributed by atoms with van der Waals surface area (Å²) in [7, 11) is 0. The number of benzene rings is 1. The van der Waals surface area contributed by atoms with E-state index in [-0.39, 0.29) is 13.0 Å². The fourth-order valence-corrected chi connectivity index (χ4v) is 2.17. The van der Waals surface area contributed by atoms with Crippen LogP contribution in [0.1, 0.15) is 12.0 Å². The van der Waals surface area contributed by atoms with Crippen LogP contribution in [0.5, 0.6) is 0 Å². The molecule has 6 nitrogen and oxygen atoms in total. The number of aliphatic hydroxyl groups is 1. The van der Waals surface area contributed by atoms with Gasteiger partial charge in [-0.25, -0.2) is 9.59 Å². The minimum atomic E-state index is -1.10. The van der Waals surface area contributed by atoms with Crippen molar-refractivity contribution in [3.8, 4) is 0 Å². The van der Waals surface area contributed by atoms with Crippen LogP contribution < -0.4 is 5.32 Å². The number of rotatable bonds is 2. The number of hydrogen-bond acceptors (Lipinski definition) is 3. The first-order chi connectivity index (χ1) is 8.99. The zero-order chi connectivity index (χ0) is 14.0. The van der Waals surface area contributed by atoms with Crippen molar-refractivity contribution in [3.05, 3.63) is 29.8 Å². The van der Waals surface area contributed by atoms with E-state index in [2.05, 4.69) is 5.32 Å². The van der Waals surface area contributed by atoms with Gasteiger partial charge in [-0.3, -0.25) is 0 Å². The minimum Gasteiger partial charge on any atom is -0.480 e. The summed E-state index contributed by atoms with van der Waals surface area (Å²) in [5, 5.41) is 21.2. The molecule has 0 saturated carbocycles. The molecule has 1 saturated heterocycles. The van der Waals surface area contributed by atoms with E-state index >= 15 is 0 Å². The first kappa shape index (κ1) is 13.4. The van der Waals surface area contributed by atoms with Crippen molar-refractivity contribution in [1.82, 2.24) is 4.90 Å². The summed E-state index contributed by atoms with van der Waals surface area (Å²) < 4.78 is 0. The maximum atomic E-state index is 12.1. The normalized spacial score (nSPS) is 22.3. The van der Waals surface area contributed by atoms with Crippen LogP contribution >= 0.6 is 0 Å². The predicted octanol–water partition coefficient (Wildman–Crippen LogP) is 1.05.